The van der Waals surface area contributed by atoms with E-state index in [0.717, 1.165) is 19.3 Å². The fourth-order valence-corrected chi connectivity index (χ4v) is 3.36. The Hall–Kier alpha value is -2.24. The van der Waals surface area contributed by atoms with Gasteiger partial charge in [-0.05, 0) is 57.1 Å². The zero-order valence-corrected chi connectivity index (χ0v) is 16.6. The van der Waals surface area contributed by atoms with E-state index in [4.69, 9.17) is 9.47 Å². The number of amides is 2. The maximum atomic E-state index is 12.7. The standard InChI is InChI=1S/C21H32N2O4/c1-4-26-21(25)23-16(13-15(2)3)14-22-20(24)18-11-7-8-12-19(18)27-17-9-5-6-10-17/h7-8,11-12,15-17H,4-6,9-10,13-14H2,1-3H3,(H,22,24)(H,23,25). The summed E-state index contributed by atoms with van der Waals surface area (Å²) in [5.74, 6) is 0.815. The van der Waals surface area contributed by atoms with Gasteiger partial charge in [0.25, 0.3) is 5.91 Å². The molecule has 0 saturated heterocycles. The van der Waals surface area contributed by atoms with Crippen molar-refractivity contribution < 1.29 is 19.1 Å². The summed E-state index contributed by atoms with van der Waals surface area (Å²) in [7, 11) is 0. The summed E-state index contributed by atoms with van der Waals surface area (Å²) in [6.07, 6.45) is 4.91. The number of nitrogens with one attached hydrogen (secondary N) is 2. The van der Waals surface area contributed by atoms with Crippen LogP contribution < -0.4 is 15.4 Å². The Morgan fingerprint density at radius 3 is 2.56 bits per heavy atom. The largest absolute Gasteiger partial charge is 0.490 e. The van der Waals surface area contributed by atoms with Gasteiger partial charge in [-0.2, -0.15) is 0 Å². The number of carbonyl (C=O) groups excluding carboxylic acids is 2. The third-order valence-electron chi connectivity index (χ3n) is 4.59. The van der Waals surface area contributed by atoms with Crippen LogP contribution in [0.5, 0.6) is 5.75 Å². The first kappa shape index (κ1) is 21.1. The molecule has 1 aromatic rings. The molecule has 27 heavy (non-hydrogen) atoms. The molecule has 2 rings (SSSR count). The molecule has 2 N–H and O–H groups in total. The number of hydrogen-bond acceptors (Lipinski definition) is 4. The quantitative estimate of drug-likeness (QED) is 0.685. The Bertz CT molecular complexity index is 612. The number of carbonyl (C=O) groups is 2. The summed E-state index contributed by atoms with van der Waals surface area (Å²) in [6.45, 7) is 6.57. The predicted octanol–water partition coefficient (Wildman–Crippen LogP) is 3.90. The van der Waals surface area contributed by atoms with E-state index in [1.54, 1.807) is 13.0 Å². The number of alkyl carbamates (subject to hydrolysis) is 1. The van der Waals surface area contributed by atoms with Crippen LogP contribution in [-0.2, 0) is 4.74 Å². The van der Waals surface area contributed by atoms with Gasteiger partial charge in [-0.25, -0.2) is 4.79 Å². The maximum Gasteiger partial charge on any atom is 0.407 e. The number of ether oxygens (including phenoxy) is 2. The molecule has 0 aliphatic heterocycles. The highest BCUT2D eigenvalue weighted by Crippen LogP contribution is 2.26. The van der Waals surface area contributed by atoms with Crippen molar-refractivity contribution >= 4 is 12.0 Å². The molecule has 6 heteroatoms. The molecule has 0 aromatic heterocycles. The molecule has 1 fully saturated rings. The Morgan fingerprint density at radius 1 is 1.19 bits per heavy atom. The van der Waals surface area contributed by atoms with Gasteiger partial charge in [-0.3, -0.25) is 4.79 Å². The fourth-order valence-electron chi connectivity index (χ4n) is 3.36. The smallest absolute Gasteiger partial charge is 0.407 e. The fraction of sp³-hybridized carbons (Fsp3) is 0.619. The van der Waals surface area contributed by atoms with Crippen molar-refractivity contribution in [1.82, 2.24) is 10.6 Å². The SMILES string of the molecule is CCOC(=O)NC(CNC(=O)c1ccccc1OC1CCCC1)CC(C)C. The Labute approximate surface area is 162 Å². The van der Waals surface area contributed by atoms with Crippen LogP contribution in [0.15, 0.2) is 24.3 Å². The zero-order valence-electron chi connectivity index (χ0n) is 16.6. The maximum absolute atomic E-state index is 12.7. The molecule has 0 spiro atoms. The number of para-hydroxylation sites is 1. The first-order valence-corrected chi connectivity index (χ1v) is 9.96. The van der Waals surface area contributed by atoms with E-state index in [1.165, 1.54) is 12.8 Å². The second-order valence-corrected chi connectivity index (χ2v) is 7.42. The summed E-state index contributed by atoms with van der Waals surface area (Å²) in [6, 6.07) is 7.14. The normalized spacial score (nSPS) is 15.4. The third kappa shape index (κ3) is 7.12. The van der Waals surface area contributed by atoms with Crippen molar-refractivity contribution in [2.24, 2.45) is 5.92 Å². The molecule has 1 atom stereocenters. The van der Waals surface area contributed by atoms with Crippen LogP contribution in [0.25, 0.3) is 0 Å². The molecular weight excluding hydrogens is 344 g/mol. The van der Waals surface area contributed by atoms with E-state index >= 15 is 0 Å². The minimum Gasteiger partial charge on any atom is -0.490 e. The van der Waals surface area contributed by atoms with E-state index in [0.29, 0.717) is 30.4 Å². The lowest BCUT2D eigenvalue weighted by Crippen LogP contribution is -2.44. The van der Waals surface area contributed by atoms with Crippen LogP contribution in [0.3, 0.4) is 0 Å². The molecule has 1 aliphatic carbocycles. The van der Waals surface area contributed by atoms with E-state index in [-0.39, 0.29) is 18.1 Å². The summed E-state index contributed by atoms with van der Waals surface area (Å²) in [4.78, 5) is 24.4. The van der Waals surface area contributed by atoms with Gasteiger partial charge in [0.05, 0.1) is 18.3 Å². The topological polar surface area (TPSA) is 76.7 Å². The van der Waals surface area contributed by atoms with Crippen LogP contribution in [-0.4, -0.2) is 37.3 Å². The van der Waals surface area contributed by atoms with Crippen LogP contribution in [0.1, 0.15) is 63.2 Å². The first-order chi connectivity index (χ1) is 13.0. The highest BCUT2D eigenvalue weighted by Gasteiger charge is 2.21. The average Bonchev–Trinajstić information content (AvgIpc) is 3.12. The van der Waals surface area contributed by atoms with Crippen LogP contribution in [0.2, 0.25) is 0 Å². The average molecular weight is 376 g/mol. The van der Waals surface area contributed by atoms with Crippen molar-refractivity contribution in [1.29, 1.82) is 0 Å². The summed E-state index contributed by atoms with van der Waals surface area (Å²) >= 11 is 0. The lowest BCUT2D eigenvalue weighted by atomic mass is 10.0. The van der Waals surface area contributed by atoms with Gasteiger partial charge in [0.15, 0.2) is 0 Å². The number of benzene rings is 1. The summed E-state index contributed by atoms with van der Waals surface area (Å²) in [5.41, 5.74) is 0.531. The molecule has 1 unspecified atom stereocenters. The van der Waals surface area contributed by atoms with E-state index in [2.05, 4.69) is 24.5 Å². The molecule has 2 amide bonds. The molecule has 6 nitrogen and oxygen atoms in total. The van der Waals surface area contributed by atoms with Gasteiger partial charge in [-0.15, -0.1) is 0 Å². The van der Waals surface area contributed by atoms with Gasteiger partial charge in [0.1, 0.15) is 5.75 Å². The monoisotopic (exact) mass is 376 g/mol. The molecule has 1 aromatic carbocycles. The molecule has 1 saturated carbocycles. The van der Waals surface area contributed by atoms with Gasteiger partial charge in [-0.1, -0.05) is 26.0 Å². The van der Waals surface area contributed by atoms with E-state index in [9.17, 15) is 9.59 Å². The van der Waals surface area contributed by atoms with Crippen molar-refractivity contribution in [2.45, 2.75) is 65.0 Å². The first-order valence-electron chi connectivity index (χ1n) is 9.96. The van der Waals surface area contributed by atoms with Crippen molar-refractivity contribution in [2.75, 3.05) is 13.2 Å². The van der Waals surface area contributed by atoms with Gasteiger partial charge in [0.2, 0.25) is 0 Å². The minimum absolute atomic E-state index is 0.184. The third-order valence-corrected chi connectivity index (χ3v) is 4.59. The van der Waals surface area contributed by atoms with Crippen molar-refractivity contribution in [3.63, 3.8) is 0 Å². The van der Waals surface area contributed by atoms with Gasteiger partial charge >= 0.3 is 6.09 Å². The molecular formula is C21H32N2O4. The minimum atomic E-state index is -0.456. The number of hydrogen-bond donors (Lipinski definition) is 2. The molecule has 1 aliphatic rings. The zero-order chi connectivity index (χ0) is 19.6. The second-order valence-electron chi connectivity index (χ2n) is 7.42. The summed E-state index contributed by atoms with van der Waals surface area (Å²) in [5, 5.41) is 5.75. The van der Waals surface area contributed by atoms with Gasteiger partial charge in [0, 0.05) is 12.6 Å². The highest BCUT2D eigenvalue weighted by atomic mass is 16.5. The van der Waals surface area contributed by atoms with Crippen molar-refractivity contribution in [3.05, 3.63) is 29.8 Å². The highest BCUT2D eigenvalue weighted by molar-refractivity contribution is 5.96. The Kier molecular flexibility index (Phi) is 8.43. The van der Waals surface area contributed by atoms with Crippen molar-refractivity contribution in [3.8, 4) is 5.75 Å². The molecule has 0 bridgehead atoms. The van der Waals surface area contributed by atoms with Crippen LogP contribution >= 0.6 is 0 Å². The van der Waals surface area contributed by atoms with E-state index in [1.807, 2.05) is 18.2 Å². The van der Waals surface area contributed by atoms with Crippen LogP contribution in [0, 0.1) is 5.92 Å². The molecule has 150 valence electrons. The lowest BCUT2D eigenvalue weighted by molar-refractivity contribution is 0.0937. The lowest BCUT2D eigenvalue weighted by Gasteiger charge is -2.21. The van der Waals surface area contributed by atoms with E-state index < -0.39 is 6.09 Å². The molecule has 0 radical (unpaired) electrons. The Balaban J connectivity index is 1.96. The van der Waals surface area contributed by atoms with Crippen LogP contribution in [0.4, 0.5) is 4.79 Å². The summed E-state index contributed by atoms with van der Waals surface area (Å²) < 4.78 is 11.0. The Morgan fingerprint density at radius 2 is 1.89 bits per heavy atom. The molecule has 0 heterocycles. The predicted molar refractivity (Wildman–Crippen MR) is 105 cm³/mol. The number of rotatable bonds is 9. The second kappa shape index (κ2) is 10.8. The van der Waals surface area contributed by atoms with Gasteiger partial charge < -0.3 is 20.1 Å².